The molecule has 12 heavy (non-hydrogen) atoms. The zero-order chi connectivity index (χ0) is 9.57. The van der Waals surface area contributed by atoms with Crippen LogP contribution in [0.1, 0.15) is 34.1 Å². The van der Waals surface area contributed by atoms with Crippen LogP contribution in [0.5, 0.6) is 0 Å². The van der Waals surface area contributed by atoms with Crippen LogP contribution in [0.3, 0.4) is 0 Å². The van der Waals surface area contributed by atoms with Crippen LogP contribution >= 0.6 is 0 Å². The zero-order valence-electron chi connectivity index (χ0n) is 8.09. The number of aliphatic hydroxyl groups is 1. The topological polar surface area (TPSA) is 46.5 Å². The summed E-state index contributed by atoms with van der Waals surface area (Å²) in [7, 11) is 0. The lowest BCUT2D eigenvalue weighted by molar-refractivity contribution is -0.105. The first-order valence-electron chi connectivity index (χ1n) is 4.14. The summed E-state index contributed by atoms with van der Waals surface area (Å²) in [6.45, 7) is 7.09. The summed E-state index contributed by atoms with van der Waals surface area (Å²) >= 11 is 0. The van der Waals surface area contributed by atoms with E-state index < -0.39 is 11.3 Å². The van der Waals surface area contributed by atoms with Crippen LogP contribution in [-0.4, -0.2) is 21.4 Å². The van der Waals surface area contributed by atoms with Crippen molar-refractivity contribution in [1.29, 1.82) is 0 Å². The molecule has 70 valence electrons. The average Bonchev–Trinajstić information content (AvgIpc) is 1.80. The highest BCUT2D eigenvalue weighted by atomic mass is 16.5. The second-order valence-electron chi connectivity index (χ2n) is 4.33. The molecule has 1 aliphatic rings. The summed E-state index contributed by atoms with van der Waals surface area (Å²) in [6.07, 6.45) is 2.33. The molecule has 0 bridgehead atoms. The fraction of sp³-hybridized carbons (Fsp3) is 0.778. The maximum Gasteiger partial charge on any atom is 0.108 e. The first-order valence-corrected chi connectivity index (χ1v) is 4.14. The molecule has 0 aromatic carbocycles. The van der Waals surface area contributed by atoms with Gasteiger partial charge in [-0.05, 0) is 27.7 Å². The Morgan fingerprint density at radius 2 is 2.00 bits per heavy atom. The molecule has 0 saturated carbocycles. The van der Waals surface area contributed by atoms with Crippen molar-refractivity contribution in [1.82, 2.24) is 5.06 Å². The van der Waals surface area contributed by atoms with Crippen LogP contribution in [0.2, 0.25) is 0 Å². The van der Waals surface area contributed by atoms with E-state index in [1.165, 1.54) is 0 Å². The third-order valence-corrected chi connectivity index (χ3v) is 2.17. The Labute approximate surface area is 73.3 Å². The molecule has 0 saturated heterocycles. The standard InChI is InChI=1S/C9H16NO2/c1-7-5-8(2,3)10(12)9(4,11)6-7/h5,11H,6H2,1-4H3/q-1. The van der Waals surface area contributed by atoms with E-state index in [9.17, 15) is 10.3 Å². The van der Waals surface area contributed by atoms with Crippen LogP contribution in [0.25, 0.3) is 0 Å². The SMILES string of the molecule is CC1=CC(C)(C)N([O-])C(C)(O)C1. The number of rotatable bonds is 0. The van der Waals surface area contributed by atoms with Gasteiger partial charge in [0.15, 0.2) is 0 Å². The van der Waals surface area contributed by atoms with E-state index in [0.717, 1.165) is 10.6 Å². The fourth-order valence-electron chi connectivity index (χ4n) is 1.93. The largest absolute Gasteiger partial charge is 0.783 e. The maximum atomic E-state index is 11.5. The lowest BCUT2D eigenvalue weighted by atomic mass is 9.89. The monoisotopic (exact) mass is 170 g/mol. The first kappa shape index (κ1) is 9.71. The number of hydrogen-bond donors (Lipinski definition) is 1. The van der Waals surface area contributed by atoms with Crippen molar-refractivity contribution in [3.05, 3.63) is 16.9 Å². The van der Waals surface area contributed by atoms with Gasteiger partial charge in [-0.2, -0.15) is 0 Å². The van der Waals surface area contributed by atoms with Crippen LogP contribution in [0.15, 0.2) is 11.6 Å². The summed E-state index contributed by atoms with van der Waals surface area (Å²) in [5, 5.41) is 22.0. The van der Waals surface area contributed by atoms with Gasteiger partial charge in [-0.15, -0.1) is 0 Å². The van der Waals surface area contributed by atoms with E-state index in [1.807, 2.05) is 13.0 Å². The molecule has 1 heterocycles. The second kappa shape index (κ2) is 2.55. The maximum absolute atomic E-state index is 11.5. The molecule has 0 aliphatic carbocycles. The van der Waals surface area contributed by atoms with Gasteiger partial charge in [-0.25, -0.2) is 0 Å². The number of hydrogen-bond acceptors (Lipinski definition) is 3. The quantitative estimate of drug-likeness (QED) is 0.562. The lowest BCUT2D eigenvalue weighted by Gasteiger charge is -2.54. The molecule has 0 aromatic rings. The molecular formula is C9H16NO2-. The lowest BCUT2D eigenvalue weighted by Crippen LogP contribution is -2.55. The van der Waals surface area contributed by atoms with Crippen molar-refractivity contribution in [2.24, 2.45) is 0 Å². The van der Waals surface area contributed by atoms with Crippen LogP contribution in [0.4, 0.5) is 0 Å². The van der Waals surface area contributed by atoms with Gasteiger partial charge in [-0.3, -0.25) is 0 Å². The Morgan fingerprint density at radius 3 is 2.42 bits per heavy atom. The van der Waals surface area contributed by atoms with E-state index in [0.29, 0.717) is 6.42 Å². The van der Waals surface area contributed by atoms with Gasteiger partial charge in [0, 0.05) is 12.0 Å². The number of nitrogens with zero attached hydrogens (tertiary/aromatic N) is 1. The van der Waals surface area contributed by atoms with Gasteiger partial charge in [0.1, 0.15) is 5.72 Å². The average molecular weight is 170 g/mol. The van der Waals surface area contributed by atoms with E-state index in [1.54, 1.807) is 20.8 Å². The molecule has 1 unspecified atom stereocenters. The molecule has 1 atom stereocenters. The van der Waals surface area contributed by atoms with E-state index >= 15 is 0 Å². The van der Waals surface area contributed by atoms with Gasteiger partial charge in [0.25, 0.3) is 0 Å². The Kier molecular flexibility index (Phi) is 2.07. The van der Waals surface area contributed by atoms with E-state index in [2.05, 4.69) is 0 Å². The third kappa shape index (κ3) is 1.53. The summed E-state index contributed by atoms with van der Waals surface area (Å²) in [6, 6.07) is 0. The Hall–Kier alpha value is -0.380. The van der Waals surface area contributed by atoms with Crippen molar-refractivity contribution in [2.45, 2.75) is 45.4 Å². The van der Waals surface area contributed by atoms with Crippen molar-refractivity contribution in [3.63, 3.8) is 0 Å². The zero-order valence-corrected chi connectivity index (χ0v) is 8.09. The van der Waals surface area contributed by atoms with Crippen molar-refractivity contribution >= 4 is 0 Å². The Balaban J connectivity index is 3.02. The van der Waals surface area contributed by atoms with Crippen LogP contribution in [-0.2, 0) is 0 Å². The minimum atomic E-state index is -1.25. The molecule has 0 fully saturated rings. The fourth-order valence-corrected chi connectivity index (χ4v) is 1.93. The minimum absolute atomic E-state index is 0.430. The molecule has 1 rings (SSSR count). The van der Waals surface area contributed by atoms with Gasteiger partial charge in [0.2, 0.25) is 0 Å². The van der Waals surface area contributed by atoms with Gasteiger partial charge in [-0.1, -0.05) is 11.6 Å². The highest BCUT2D eigenvalue weighted by molar-refractivity contribution is 5.18. The molecular weight excluding hydrogens is 154 g/mol. The predicted molar refractivity (Wildman–Crippen MR) is 48.3 cm³/mol. The normalized spacial score (nSPS) is 36.3. The Morgan fingerprint density at radius 1 is 1.50 bits per heavy atom. The van der Waals surface area contributed by atoms with Crippen LogP contribution in [0, 0.1) is 5.21 Å². The molecule has 0 radical (unpaired) electrons. The molecule has 0 aromatic heterocycles. The van der Waals surface area contributed by atoms with Crippen molar-refractivity contribution in [2.75, 3.05) is 0 Å². The molecule has 3 heteroatoms. The highest BCUT2D eigenvalue weighted by Crippen LogP contribution is 2.34. The molecule has 1 aliphatic heterocycles. The third-order valence-electron chi connectivity index (χ3n) is 2.17. The van der Waals surface area contributed by atoms with Gasteiger partial charge < -0.3 is 15.4 Å². The molecule has 0 spiro atoms. The molecule has 3 nitrogen and oxygen atoms in total. The Bertz CT molecular complexity index is 219. The van der Waals surface area contributed by atoms with Crippen molar-refractivity contribution < 1.29 is 5.11 Å². The van der Waals surface area contributed by atoms with E-state index in [-0.39, 0.29) is 0 Å². The van der Waals surface area contributed by atoms with Gasteiger partial charge in [0.05, 0.1) is 0 Å². The van der Waals surface area contributed by atoms with Crippen LogP contribution < -0.4 is 0 Å². The molecule has 0 amide bonds. The highest BCUT2D eigenvalue weighted by Gasteiger charge is 2.35. The second-order valence-corrected chi connectivity index (χ2v) is 4.33. The molecule has 1 N–H and O–H groups in total. The minimum Gasteiger partial charge on any atom is -0.783 e. The van der Waals surface area contributed by atoms with Crippen molar-refractivity contribution in [3.8, 4) is 0 Å². The summed E-state index contributed by atoms with van der Waals surface area (Å²) in [5.74, 6) is 0. The summed E-state index contributed by atoms with van der Waals surface area (Å²) in [5.41, 5.74) is -0.772. The summed E-state index contributed by atoms with van der Waals surface area (Å²) in [4.78, 5) is 0. The summed E-state index contributed by atoms with van der Waals surface area (Å²) < 4.78 is 0. The first-order chi connectivity index (χ1) is 5.26. The van der Waals surface area contributed by atoms with Gasteiger partial charge >= 0.3 is 0 Å². The number of hydroxylamine groups is 2. The predicted octanol–water partition coefficient (Wildman–Crippen LogP) is 1.62. The smallest absolute Gasteiger partial charge is 0.108 e. The van der Waals surface area contributed by atoms with E-state index in [4.69, 9.17) is 0 Å².